The fourth-order valence-corrected chi connectivity index (χ4v) is 8.67. The number of nitrogens with one attached hydrogen (secondary N) is 2. The number of nitrogens with two attached hydrogens (primary N) is 1. The molecule has 50 heavy (non-hydrogen) atoms. The highest BCUT2D eigenvalue weighted by Crippen LogP contribution is 2.36. The third-order valence-corrected chi connectivity index (χ3v) is 11.7. The molecule has 0 radical (unpaired) electrons. The molecule has 3 aromatic rings. The van der Waals surface area contributed by atoms with Gasteiger partial charge >= 0.3 is 0 Å². The van der Waals surface area contributed by atoms with Crippen molar-refractivity contribution in [3.8, 4) is 5.75 Å². The molecule has 0 aliphatic carbocycles. The van der Waals surface area contributed by atoms with Crippen LogP contribution < -0.4 is 21.3 Å². The smallest absolute Gasteiger partial charge is 0.245 e. The average Bonchev–Trinajstić information content (AvgIpc) is 3.59. The average molecular weight is 792 g/mol. The number of nitrogens with zero attached hydrogens (tertiary/aromatic N) is 4. The van der Waals surface area contributed by atoms with Gasteiger partial charge in [0.1, 0.15) is 28.8 Å². The zero-order valence-electron chi connectivity index (χ0n) is 27.6. The molecule has 1 atom stereocenters. The molecule has 3 heterocycles. The fraction of sp³-hybridized carbons (Fsp3) is 0.455. The van der Waals surface area contributed by atoms with E-state index < -0.39 is 16.1 Å². The van der Waals surface area contributed by atoms with Crippen LogP contribution in [0.2, 0.25) is 10.0 Å². The van der Waals surface area contributed by atoms with E-state index in [0.29, 0.717) is 68.7 Å². The van der Waals surface area contributed by atoms with Gasteiger partial charge in [-0.3, -0.25) is 14.6 Å². The maximum atomic E-state index is 14.0. The molecule has 4 N–H and O–H groups in total. The summed E-state index contributed by atoms with van der Waals surface area (Å²) in [5.41, 5.74) is 4.17. The summed E-state index contributed by atoms with van der Waals surface area (Å²) in [6.07, 6.45) is 4.92. The number of carbonyl (C=O) groups excluding carboxylic acids is 2. The van der Waals surface area contributed by atoms with Crippen LogP contribution in [0.1, 0.15) is 49.8 Å². The van der Waals surface area contributed by atoms with Gasteiger partial charge in [-0.1, -0.05) is 41.4 Å². The molecule has 12 nitrogen and oxygen atoms in total. The highest BCUT2D eigenvalue weighted by molar-refractivity contribution is 7.89. The summed E-state index contributed by atoms with van der Waals surface area (Å²) in [7, 11) is -4.15. The van der Waals surface area contributed by atoms with Crippen molar-refractivity contribution in [2.75, 3.05) is 32.7 Å². The molecule has 5 rings (SSSR count). The summed E-state index contributed by atoms with van der Waals surface area (Å²) in [6, 6.07) is 11.4. The van der Waals surface area contributed by atoms with Gasteiger partial charge in [-0.2, -0.15) is 4.31 Å². The number of hydrazine groups is 1. The number of carbonyl (C=O) groups is 2. The number of para-hydroxylation sites is 1. The van der Waals surface area contributed by atoms with Crippen LogP contribution >= 0.6 is 48.0 Å². The highest BCUT2D eigenvalue weighted by Gasteiger charge is 2.41. The van der Waals surface area contributed by atoms with Crippen LogP contribution in [0.15, 0.2) is 52.4 Å². The van der Waals surface area contributed by atoms with Crippen LogP contribution in [0, 0.1) is 12.8 Å². The Morgan fingerprint density at radius 2 is 1.84 bits per heavy atom. The van der Waals surface area contributed by atoms with Gasteiger partial charge in [-0.05, 0) is 69.2 Å². The molecule has 2 aliphatic rings. The molecule has 2 aliphatic heterocycles. The number of fused-ring (bicyclic) bond motifs is 1. The Morgan fingerprint density at radius 1 is 1.08 bits per heavy atom. The number of aromatic nitrogens is 1. The van der Waals surface area contributed by atoms with Crippen molar-refractivity contribution in [2.24, 2.45) is 16.8 Å². The number of piperidine rings is 1. The van der Waals surface area contributed by atoms with Crippen molar-refractivity contribution in [3.63, 3.8) is 0 Å². The van der Waals surface area contributed by atoms with Gasteiger partial charge in [0.2, 0.25) is 21.8 Å². The van der Waals surface area contributed by atoms with Crippen LogP contribution in [-0.2, 0) is 26.2 Å². The van der Waals surface area contributed by atoms with E-state index in [4.69, 9.17) is 33.8 Å². The maximum absolute atomic E-state index is 14.0. The molecule has 0 spiro atoms. The van der Waals surface area contributed by atoms with Gasteiger partial charge in [0.25, 0.3) is 0 Å². The van der Waals surface area contributed by atoms with E-state index in [2.05, 4.69) is 20.7 Å². The SMILES string of the molecule is Cc1ccc2cccc(OCc3c(Cl)ccc(S(=O)(=O)N4CCC[C@H]4C(=O)NCC4CCN(C(=O)CCCN=CNN)CC4)c3Cl)c2n1.Cl.Cl. The maximum Gasteiger partial charge on any atom is 0.245 e. The molecule has 0 bridgehead atoms. The summed E-state index contributed by atoms with van der Waals surface area (Å²) < 4.78 is 35.2. The van der Waals surface area contributed by atoms with Crippen molar-refractivity contribution in [1.29, 1.82) is 0 Å². The Bertz CT molecular complexity index is 1770. The Morgan fingerprint density at radius 3 is 2.58 bits per heavy atom. The first-order valence-corrected chi connectivity index (χ1v) is 18.3. The number of ether oxygens (including phenoxy) is 1. The van der Waals surface area contributed by atoms with E-state index in [1.807, 2.05) is 36.1 Å². The second-order valence-corrected chi connectivity index (χ2v) is 14.7. The Hall–Kier alpha value is -2.91. The third-order valence-electron chi connectivity index (χ3n) is 8.81. The van der Waals surface area contributed by atoms with Crippen LogP contribution in [-0.4, -0.2) is 79.5 Å². The minimum atomic E-state index is -4.15. The molecule has 274 valence electrons. The second-order valence-electron chi connectivity index (χ2n) is 12.1. The van der Waals surface area contributed by atoms with Crippen molar-refractivity contribution in [1.82, 2.24) is 24.9 Å². The van der Waals surface area contributed by atoms with Gasteiger partial charge in [0, 0.05) is 60.8 Å². The molecule has 1 aromatic heterocycles. The number of aryl methyl sites for hydroxylation is 1. The van der Waals surface area contributed by atoms with Crippen LogP contribution in [0.4, 0.5) is 0 Å². The molecule has 17 heteroatoms. The minimum absolute atomic E-state index is 0. The number of aliphatic imine (C=N–C) groups is 1. The van der Waals surface area contributed by atoms with Gasteiger partial charge in [0.15, 0.2) is 0 Å². The zero-order valence-corrected chi connectivity index (χ0v) is 31.6. The summed E-state index contributed by atoms with van der Waals surface area (Å²) >= 11 is 13.2. The molecule has 0 unspecified atom stereocenters. The Kier molecular flexibility index (Phi) is 15.8. The van der Waals surface area contributed by atoms with Gasteiger partial charge in [-0.15, -0.1) is 24.8 Å². The minimum Gasteiger partial charge on any atom is -0.487 e. The fourth-order valence-electron chi connectivity index (χ4n) is 6.15. The molecule has 0 saturated carbocycles. The normalized spacial score (nSPS) is 17.0. The topological polar surface area (TPSA) is 159 Å². The van der Waals surface area contributed by atoms with E-state index in [9.17, 15) is 18.0 Å². The number of hydrogen-bond acceptors (Lipinski definition) is 8. The number of benzene rings is 2. The van der Waals surface area contributed by atoms with Crippen molar-refractivity contribution in [2.45, 2.75) is 63.0 Å². The quantitative estimate of drug-likeness (QED) is 0.0714. The zero-order chi connectivity index (χ0) is 34.3. The van der Waals surface area contributed by atoms with Gasteiger partial charge in [0.05, 0.1) is 11.4 Å². The van der Waals surface area contributed by atoms with E-state index in [-0.39, 0.29) is 70.6 Å². The predicted octanol–water partition coefficient (Wildman–Crippen LogP) is 5.05. The molecular formula is C33H43Cl4N7O5S. The van der Waals surface area contributed by atoms with Crippen LogP contribution in [0.25, 0.3) is 10.9 Å². The molecule has 2 saturated heterocycles. The number of hydrogen-bond donors (Lipinski definition) is 3. The predicted molar refractivity (Wildman–Crippen MR) is 201 cm³/mol. The monoisotopic (exact) mass is 789 g/mol. The molecule has 2 fully saturated rings. The Balaban J connectivity index is 0.00000338. The lowest BCUT2D eigenvalue weighted by atomic mass is 9.96. The van der Waals surface area contributed by atoms with Gasteiger partial charge in [-0.25, -0.2) is 19.2 Å². The highest BCUT2D eigenvalue weighted by atomic mass is 35.5. The molecular weight excluding hydrogens is 748 g/mol. The van der Waals surface area contributed by atoms with E-state index in [1.165, 1.54) is 22.8 Å². The summed E-state index contributed by atoms with van der Waals surface area (Å²) in [4.78, 5) is 36.2. The van der Waals surface area contributed by atoms with Crippen molar-refractivity contribution in [3.05, 3.63) is 63.8 Å². The Labute approximate surface area is 315 Å². The molecule has 2 aromatic carbocycles. The number of halogens is 4. The van der Waals surface area contributed by atoms with Crippen molar-refractivity contribution < 1.29 is 22.7 Å². The summed E-state index contributed by atoms with van der Waals surface area (Å²) in [6.45, 7) is 4.18. The van der Waals surface area contributed by atoms with Gasteiger partial charge < -0.3 is 20.4 Å². The van der Waals surface area contributed by atoms with E-state index in [0.717, 1.165) is 23.9 Å². The number of rotatable bonds is 13. The van der Waals surface area contributed by atoms with Crippen molar-refractivity contribution >= 4 is 87.1 Å². The first-order valence-electron chi connectivity index (χ1n) is 16.1. The van der Waals surface area contributed by atoms with Crippen LogP contribution in [0.3, 0.4) is 0 Å². The third kappa shape index (κ3) is 9.90. The summed E-state index contributed by atoms with van der Waals surface area (Å²) in [5, 5.41) is 4.10. The van der Waals surface area contributed by atoms with E-state index in [1.54, 1.807) is 6.07 Å². The largest absolute Gasteiger partial charge is 0.487 e. The van der Waals surface area contributed by atoms with Crippen LogP contribution in [0.5, 0.6) is 5.75 Å². The standard InChI is InChI=1S/C33H41Cl2N7O5S.2ClH/c1-22-9-10-24-5-2-7-28(32(24)40-22)47-20-25-26(34)11-12-29(31(25)35)48(45,46)42-16-4-6-27(42)33(44)38-19-23-13-17-41(18-14-23)30(43)8-3-15-37-21-39-36;;/h2,5,7,9-12,21,23,27H,3-4,6,8,13-20,36H2,1H3,(H,37,39)(H,38,44);2*1H/t27-;;/m0../s1. The number of likely N-dealkylation sites (tertiary alicyclic amines) is 1. The first kappa shape index (κ1) is 41.5. The van der Waals surface area contributed by atoms with E-state index >= 15 is 0 Å². The lowest BCUT2D eigenvalue weighted by molar-refractivity contribution is -0.133. The first-order chi connectivity index (χ1) is 23.1. The number of amides is 2. The second kappa shape index (κ2) is 19.1. The molecule has 2 amide bonds. The lowest BCUT2D eigenvalue weighted by Crippen LogP contribution is -2.48. The number of pyridine rings is 1. The lowest BCUT2D eigenvalue weighted by Gasteiger charge is -2.32. The number of sulfonamides is 1. The summed E-state index contributed by atoms with van der Waals surface area (Å²) in [5.74, 6) is 5.61.